The van der Waals surface area contributed by atoms with Crippen LogP contribution in [0.1, 0.15) is 26.8 Å². The molecule has 6 heteroatoms. The van der Waals surface area contributed by atoms with Gasteiger partial charge in [-0.2, -0.15) is 0 Å². The Hall–Kier alpha value is -1.53. The molecule has 4 nitrogen and oxygen atoms in total. The lowest BCUT2D eigenvalue weighted by molar-refractivity contribution is 0.682. The van der Waals surface area contributed by atoms with E-state index in [2.05, 4.69) is 9.97 Å². The van der Waals surface area contributed by atoms with Crippen LogP contribution in [0.2, 0.25) is 0 Å². The van der Waals surface area contributed by atoms with E-state index in [1.807, 2.05) is 49.7 Å². The molecule has 0 aliphatic rings. The van der Waals surface area contributed by atoms with Crippen molar-refractivity contribution < 1.29 is 4.21 Å². The van der Waals surface area contributed by atoms with Crippen LogP contribution in [0.3, 0.4) is 0 Å². The van der Waals surface area contributed by atoms with Crippen LogP contribution in [-0.2, 0) is 22.3 Å². The maximum absolute atomic E-state index is 12.3. The summed E-state index contributed by atoms with van der Waals surface area (Å²) in [5.74, 6) is 1.04. The predicted molar refractivity (Wildman–Crippen MR) is 87.1 cm³/mol. The number of fused-ring (bicyclic) bond motifs is 1. The molecule has 0 radical (unpaired) electrons. The molecule has 3 aromatic rings. The minimum atomic E-state index is -0.958. The van der Waals surface area contributed by atoms with E-state index < -0.39 is 10.8 Å². The molecule has 3 heterocycles. The van der Waals surface area contributed by atoms with Gasteiger partial charge in [-0.3, -0.25) is 4.21 Å². The van der Waals surface area contributed by atoms with Gasteiger partial charge in [0.1, 0.15) is 5.65 Å². The number of rotatable bonds is 4. The highest BCUT2D eigenvalue weighted by molar-refractivity contribution is 7.83. The van der Waals surface area contributed by atoms with Crippen molar-refractivity contribution in [2.24, 2.45) is 0 Å². The SMILES string of the molecule is Cc1nc(C)c(CS(=O)Cc2cn3cccc(C)c3n2)s1. The largest absolute Gasteiger partial charge is 0.307 e. The summed E-state index contributed by atoms with van der Waals surface area (Å²) < 4.78 is 14.3. The van der Waals surface area contributed by atoms with Gasteiger partial charge in [0.05, 0.1) is 27.9 Å². The van der Waals surface area contributed by atoms with Crippen LogP contribution in [-0.4, -0.2) is 18.6 Å². The third kappa shape index (κ3) is 3.06. The minimum Gasteiger partial charge on any atom is -0.307 e. The van der Waals surface area contributed by atoms with Crippen molar-refractivity contribution in [3.8, 4) is 0 Å². The highest BCUT2D eigenvalue weighted by Crippen LogP contribution is 2.20. The molecule has 1 unspecified atom stereocenters. The van der Waals surface area contributed by atoms with Crippen LogP contribution in [0.25, 0.3) is 5.65 Å². The van der Waals surface area contributed by atoms with E-state index in [1.54, 1.807) is 11.3 Å². The smallest absolute Gasteiger partial charge is 0.139 e. The summed E-state index contributed by atoms with van der Waals surface area (Å²) in [6, 6.07) is 4.03. The number of imidazole rings is 1. The van der Waals surface area contributed by atoms with Crippen molar-refractivity contribution in [1.82, 2.24) is 14.4 Å². The molecule has 0 saturated heterocycles. The first kappa shape index (κ1) is 14.4. The highest BCUT2D eigenvalue weighted by atomic mass is 32.2. The van der Waals surface area contributed by atoms with Gasteiger partial charge in [-0.05, 0) is 32.4 Å². The summed E-state index contributed by atoms with van der Waals surface area (Å²) in [4.78, 5) is 10.1. The third-order valence-electron chi connectivity index (χ3n) is 3.33. The molecular weight excluding hydrogens is 302 g/mol. The molecule has 3 rings (SSSR count). The van der Waals surface area contributed by atoms with Crippen molar-refractivity contribution in [2.75, 3.05) is 0 Å². The Morgan fingerprint density at radius 2 is 2.05 bits per heavy atom. The fourth-order valence-corrected chi connectivity index (χ4v) is 4.78. The molecule has 0 aliphatic heterocycles. The van der Waals surface area contributed by atoms with Gasteiger partial charge in [-0.1, -0.05) is 6.07 Å². The number of nitrogens with zero attached hydrogens (tertiary/aromatic N) is 3. The molecule has 0 saturated carbocycles. The summed E-state index contributed by atoms with van der Waals surface area (Å²) in [6.45, 7) is 5.99. The standard InChI is InChI=1S/C15H17N3OS2/c1-10-5-4-6-18-7-13(17-15(10)18)8-21(19)9-14-11(2)16-12(3)20-14/h4-7H,8-9H2,1-3H3. The molecule has 1 atom stereocenters. The first-order valence-corrected chi connectivity index (χ1v) is 9.04. The van der Waals surface area contributed by atoms with E-state index in [4.69, 9.17) is 0 Å². The van der Waals surface area contributed by atoms with Crippen molar-refractivity contribution in [3.63, 3.8) is 0 Å². The Morgan fingerprint density at radius 3 is 2.71 bits per heavy atom. The maximum Gasteiger partial charge on any atom is 0.139 e. The second-order valence-corrected chi connectivity index (χ2v) is 7.87. The quantitative estimate of drug-likeness (QED) is 0.742. The minimum absolute atomic E-state index is 0.484. The van der Waals surface area contributed by atoms with Crippen LogP contribution >= 0.6 is 11.3 Å². The zero-order valence-electron chi connectivity index (χ0n) is 12.3. The van der Waals surface area contributed by atoms with E-state index >= 15 is 0 Å². The van der Waals surface area contributed by atoms with Gasteiger partial charge in [0, 0.05) is 28.1 Å². The average molecular weight is 319 g/mol. The molecule has 0 bridgehead atoms. The second kappa shape index (κ2) is 5.69. The number of pyridine rings is 1. The fourth-order valence-electron chi connectivity index (χ4n) is 2.34. The van der Waals surface area contributed by atoms with Crippen molar-refractivity contribution in [3.05, 3.63) is 51.4 Å². The van der Waals surface area contributed by atoms with Crippen LogP contribution in [0.5, 0.6) is 0 Å². The Balaban J connectivity index is 1.77. The number of aromatic nitrogens is 3. The van der Waals surface area contributed by atoms with Crippen molar-refractivity contribution in [1.29, 1.82) is 0 Å². The van der Waals surface area contributed by atoms with Gasteiger partial charge >= 0.3 is 0 Å². The summed E-state index contributed by atoms with van der Waals surface area (Å²) in [5.41, 5.74) is 3.94. The number of thiazole rings is 1. The summed E-state index contributed by atoms with van der Waals surface area (Å²) in [5, 5.41) is 1.03. The second-order valence-electron chi connectivity index (χ2n) is 5.12. The van der Waals surface area contributed by atoms with Gasteiger partial charge < -0.3 is 4.40 Å². The van der Waals surface area contributed by atoms with Gasteiger partial charge in [0.25, 0.3) is 0 Å². The van der Waals surface area contributed by atoms with Crippen LogP contribution in [0, 0.1) is 20.8 Å². The Kier molecular flexibility index (Phi) is 3.91. The number of hydrogen-bond acceptors (Lipinski definition) is 4. The molecule has 21 heavy (non-hydrogen) atoms. The number of hydrogen-bond donors (Lipinski definition) is 0. The Bertz CT molecular complexity index is 820. The normalized spacial score (nSPS) is 12.9. The van der Waals surface area contributed by atoms with Gasteiger partial charge in [0.2, 0.25) is 0 Å². The van der Waals surface area contributed by atoms with E-state index in [1.165, 1.54) is 0 Å². The first-order chi connectivity index (χ1) is 10.0. The predicted octanol–water partition coefficient (Wildman–Crippen LogP) is 3.16. The first-order valence-electron chi connectivity index (χ1n) is 6.74. The van der Waals surface area contributed by atoms with Crippen molar-refractivity contribution in [2.45, 2.75) is 32.3 Å². The average Bonchev–Trinajstić information content (AvgIpc) is 2.94. The summed E-state index contributed by atoms with van der Waals surface area (Å²) in [6.07, 6.45) is 3.93. The summed E-state index contributed by atoms with van der Waals surface area (Å²) >= 11 is 1.63. The van der Waals surface area contributed by atoms with Crippen LogP contribution in [0.4, 0.5) is 0 Å². The zero-order chi connectivity index (χ0) is 15.0. The molecule has 0 amide bonds. The van der Waals surface area contributed by atoms with Crippen molar-refractivity contribution >= 4 is 27.8 Å². The Labute approximate surface area is 130 Å². The van der Waals surface area contributed by atoms with Gasteiger partial charge in [-0.25, -0.2) is 9.97 Å². The lowest BCUT2D eigenvalue weighted by Crippen LogP contribution is -1.99. The topological polar surface area (TPSA) is 47.3 Å². The number of aryl methyl sites for hydroxylation is 3. The third-order valence-corrected chi connectivity index (χ3v) is 5.81. The van der Waals surface area contributed by atoms with Crippen LogP contribution < -0.4 is 0 Å². The molecule has 0 N–H and O–H groups in total. The summed E-state index contributed by atoms with van der Waals surface area (Å²) in [7, 11) is -0.958. The lowest BCUT2D eigenvalue weighted by Gasteiger charge is -1.98. The van der Waals surface area contributed by atoms with Crippen LogP contribution in [0.15, 0.2) is 24.5 Å². The molecule has 0 aromatic carbocycles. The van der Waals surface area contributed by atoms with Gasteiger partial charge in [-0.15, -0.1) is 11.3 Å². The monoisotopic (exact) mass is 319 g/mol. The van der Waals surface area contributed by atoms with E-state index in [0.29, 0.717) is 11.5 Å². The zero-order valence-corrected chi connectivity index (χ0v) is 13.9. The van der Waals surface area contributed by atoms with E-state index in [-0.39, 0.29) is 0 Å². The molecule has 0 fully saturated rings. The molecular formula is C15H17N3OS2. The molecule has 110 valence electrons. The molecule has 3 aromatic heterocycles. The van der Waals surface area contributed by atoms with Gasteiger partial charge in [0.15, 0.2) is 0 Å². The van der Waals surface area contributed by atoms with E-state index in [0.717, 1.165) is 32.5 Å². The highest BCUT2D eigenvalue weighted by Gasteiger charge is 2.12. The molecule has 0 aliphatic carbocycles. The fraction of sp³-hybridized carbons (Fsp3) is 0.333. The maximum atomic E-state index is 12.3. The van der Waals surface area contributed by atoms with E-state index in [9.17, 15) is 4.21 Å². The lowest BCUT2D eigenvalue weighted by atomic mass is 10.3. The molecule has 0 spiro atoms. The Morgan fingerprint density at radius 1 is 1.24 bits per heavy atom.